The first kappa shape index (κ1) is 11.0. The lowest BCUT2D eigenvalue weighted by atomic mass is 10.0. The predicted molar refractivity (Wildman–Crippen MR) is 58.0 cm³/mol. The van der Waals surface area contributed by atoms with Crippen molar-refractivity contribution in [3.63, 3.8) is 0 Å². The summed E-state index contributed by atoms with van der Waals surface area (Å²) in [6.45, 7) is 11.7. The van der Waals surface area contributed by atoms with E-state index in [1.54, 1.807) is 0 Å². The van der Waals surface area contributed by atoms with E-state index in [-0.39, 0.29) is 0 Å². The Morgan fingerprint density at radius 3 is 2.77 bits per heavy atom. The first-order chi connectivity index (χ1) is 6.26. The number of rotatable bonds is 5. The smallest absolute Gasteiger partial charge is 0.00417 e. The van der Waals surface area contributed by atoms with Crippen LogP contribution in [-0.2, 0) is 0 Å². The van der Waals surface area contributed by atoms with E-state index in [0.29, 0.717) is 6.04 Å². The van der Waals surface area contributed by atoms with Crippen molar-refractivity contribution in [1.82, 2.24) is 10.2 Å². The molecule has 1 N–H and O–H groups in total. The highest BCUT2D eigenvalue weighted by Gasteiger charge is 2.22. The van der Waals surface area contributed by atoms with Crippen molar-refractivity contribution in [3.05, 3.63) is 0 Å². The zero-order chi connectivity index (χ0) is 9.68. The Labute approximate surface area is 82.7 Å². The molecule has 1 heterocycles. The maximum absolute atomic E-state index is 3.49. The van der Waals surface area contributed by atoms with Crippen LogP contribution in [0, 0.1) is 5.92 Å². The quantitative estimate of drug-likeness (QED) is 0.700. The van der Waals surface area contributed by atoms with Crippen LogP contribution in [0.15, 0.2) is 0 Å². The largest absolute Gasteiger partial charge is 0.315 e. The zero-order valence-electron chi connectivity index (χ0n) is 9.34. The van der Waals surface area contributed by atoms with E-state index in [2.05, 4.69) is 31.0 Å². The topological polar surface area (TPSA) is 15.3 Å². The molecule has 0 radical (unpaired) electrons. The molecule has 0 saturated carbocycles. The average molecular weight is 184 g/mol. The van der Waals surface area contributed by atoms with Crippen LogP contribution in [0.5, 0.6) is 0 Å². The highest BCUT2D eigenvalue weighted by molar-refractivity contribution is 4.77. The summed E-state index contributed by atoms with van der Waals surface area (Å²) in [5.74, 6) is 0.939. The second-order valence-electron chi connectivity index (χ2n) is 4.24. The molecule has 1 fully saturated rings. The van der Waals surface area contributed by atoms with Gasteiger partial charge in [0.15, 0.2) is 0 Å². The maximum Gasteiger partial charge on any atom is 0.00417 e. The first-order valence-corrected chi connectivity index (χ1v) is 5.72. The molecule has 1 aliphatic rings. The predicted octanol–water partition coefficient (Wildman–Crippen LogP) is 1.72. The third-order valence-electron chi connectivity index (χ3n) is 3.06. The Balaban J connectivity index is 2.16. The molecule has 1 rings (SSSR count). The SMILES string of the molecule is CCNC(C)CC1CCN(CC)C1. The summed E-state index contributed by atoms with van der Waals surface area (Å²) in [7, 11) is 0. The number of hydrogen-bond donors (Lipinski definition) is 1. The van der Waals surface area contributed by atoms with E-state index in [1.165, 1.54) is 32.5 Å². The number of hydrogen-bond acceptors (Lipinski definition) is 2. The molecule has 0 aromatic rings. The Hall–Kier alpha value is -0.0800. The van der Waals surface area contributed by atoms with Crippen LogP contribution in [-0.4, -0.2) is 37.1 Å². The fraction of sp³-hybridized carbons (Fsp3) is 1.00. The van der Waals surface area contributed by atoms with Crippen molar-refractivity contribution >= 4 is 0 Å². The van der Waals surface area contributed by atoms with Gasteiger partial charge in [0, 0.05) is 12.6 Å². The van der Waals surface area contributed by atoms with E-state index < -0.39 is 0 Å². The molecular weight excluding hydrogens is 160 g/mol. The highest BCUT2D eigenvalue weighted by atomic mass is 15.1. The third-order valence-corrected chi connectivity index (χ3v) is 3.06. The van der Waals surface area contributed by atoms with Crippen LogP contribution < -0.4 is 5.32 Å². The fourth-order valence-electron chi connectivity index (χ4n) is 2.32. The van der Waals surface area contributed by atoms with E-state index in [1.807, 2.05) is 0 Å². The van der Waals surface area contributed by atoms with Crippen molar-refractivity contribution in [2.75, 3.05) is 26.2 Å². The first-order valence-electron chi connectivity index (χ1n) is 5.72. The van der Waals surface area contributed by atoms with Gasteiger partial charge in [-0.2, -0.15) is 0 Å². The van der Waals surface area contributed by atoms with E-state index in [4.69, 9.17) is 0 Å². The third kappa shape index (κ3) is 3.65. The summed E-state index contributed by atoms with van der Waals surface area (Å²) in [6, 6.07) is 0.701. The minimum absolute atomic E-state index is 0.701. The van der Waals surface area contributed by atoms with Gasteiger partial charge in [0.2, 0.25) is 0 Å². The molecule has 2 unspecified atom stereocenters. The Kier molecular flexibility index (Phi) is 4.74. The standard InChI is InChI=1S/C11H24N2/c1-4-12-10(3)8-11-6-7-13(5-2)9-11/h10-12H,4-9H2,1-3H3. The second-order valence-corrected chi connectivity index (χ2v) is 4.24. The monoisotopic (exact) mass is 184 g/mol. The van der Waals surface area contributed by atoms with E-state index >= 15 is 0 Å². The lowest BCUT2D eigenvalue weighted by Crippen LogP contribution is -2.29. The van der Waals surface area contributed by atoms with Crippen LogP contribution in [0.2, 0.25) is 0 Å². The molecule has 2 nitrogen and oxygen atoms in total. The molecule has 2 heteroatoms. The Morgan fingerprint density at radius 2 is 2.23 bits per heavy atom. The molecule has 1 saturated heterocycles. The Bertz CT molecular complexity index is 136. The summed E-state index contributed by atoms with van der Waals surface area (Å²) in [6.07, 6.45) is 2.76. The number of likely N-dealkylation sites (tertiary alicyclic amines) is 1. The van der Waals surface area contributed by atoms with Gasteiger partial charge in [0.05, 0.1) is 0 Å². The van der Waals surface area contributed by atoms with Crippen LogP contribution >= 0.6 is 0 Å². The molecule has 0 aliphatic carbocycles. The molecule has 0 aromatic carbocycles. The van der Waals surface area contributed by atoms with Crippen LogP contribution in [0.4, 0.5) is 0 Å². The molecule has 2 atom stereocenters. The van der Waals surface area contributed by atoms with Crippen LogP contribution in [0.3, 0.4) is 0 Å². The molecular formula is C11H24N2. The summed E-state index contributed by atoms with van der Waals surface area (Å²) < 4.78 is 0. The molecule has 0 amide bonds. The molecule has 13 heavy (non-hydrogen) atoms. The van der Waals surface area contributed by atoms with E-state index in [0.717, 1.165) is 12.5 Å². The van der Waals surface area contributed by atoms with E-state index in [9.17, 15) is 0 Å². The van der Waals surface area contributed by atoms with Crippen molar-refractivity contribution in [3.8, 4) is 0 Å². The lowest BCUT2D eigenvalue weighted by Gasteiger charge is -2.17. The summed E-state index contributed by atoms with van der Waals surface area (Å²) in [4.78, 5) is 2.56. The van der Waals surface area contributed by atoms with Gasteiger partial charge in [0.25, 0.3) is 0 Å². The van der Waals surface area contributed by atoms with Gasteiger partial charge in [-0.1, -0.05) is 13.8 Å². The minimum atomic E-state index is 0.701. The van der Waals surface area contributed by atoms with Crippen molar-refractivity contribution < 1.29 is 0 Å². The highest BCUT2D eigenvalue weighted by Crippen LogP contribution is 2.20. The van der Waals surface area contributed by atoms with Gasteiger partial charge in [-0.05, 0) is 45.3 Å². The molecule has 78 valence electrons. The molecule has 0 aromatic heterocycles. The Morgan fingerprint density at radius 1 is 1.46 bits per heavy atom. The van der Waals surface area contributed by atoms with Crippen LogP contribution in [0.25, 0.3) is 0 Å². The summed E-state index contributed by atoms with van der Waals surface area (Å²) in [5, 5.41) is 3.49. The van der Waals surface area contributed by atoms with Crippen molar-refractivity contribution in [2.24, 2.45) is 5.92 Å². The maximum atomic E-state index is 3.49. The normalized spacial score (nSPS) is 26.5. The minimum Gasteiger partial charge on any atom is -0.315 e. The average Bonchev–Trinajstić information content (AvgIpc) is 2.52. The summed E-state index contributed by atoms with van der Waals surface area (Å²) >= 11 is 0. The van der Waals surface area contributed by atoms with Gasteiger partial charge in [-0.15, -0.1) is 0 Å². The fourth-order valence-corrected chi connectivity index (χ4v) is 2.32. The lowest BCUT2D eigenvalue weighted by molar-refractivity contribution is 0.328. The zero-order valence-corrected chi connectivity index (χ0v) is 9.34. The molecule has 0 bridgehead atoms. The number of nitrogens with one attached hydrogen (secondary N) is 1. The van der Waals surface area contributed by atoms with Gasteiger partial charge < -0.3 is 10.2 Å². The molecule has 1 aliphatic heterocycles. The number of nitrogens with zero attached hydrogens (tertiary/aromatic N) is 1. The van der Waals surface area contributed by atoms with Gasteiger partial charge in [-0.3, -0.25) is 0 Å². The second kappa shape index (κ2) is 5.61. The van der Waals surface area contributed by atoms with Crippen molar-refractivity contribution in [1.29, 1.82) is 0 Å². The van der Waals surface area contributed by atoms with Crippen molar-refractivity contribution in [2.45, 2.75) is 39.7 Å². The van der Waals surface area contributed by atoms with Gasteiger partial charge >= 0.3 is 0 Å². The van der Waals surface area contributed by atoms with Crippen LogP contribution in [0.1, 0.15) is 33.6 Å². The summed E-state index contributed by atoms with van der Waals surface area (Å²) in [5.41, 5.74) is 0. The van der Waals surface area contributed by atoms with Gasteiger partial charge in [0.1, 0.15) is 0 Å². The molecule has 0 spiro atoms. The van der Waals surface area contributed by atoms with Gasteiger partial charge in [-0.25, -0.2) is 0 Å².